The first-order valence-corrected chi connectivity index (χ1v) is 11.7. The van der Waals surface area contributed by atoms with Gasteiger partial charge in [-0.2, -0.15) is 0 Å². The number of carboxylic acids is 2. The minimum absolute atomic E-state index is 0. The van der Waals surface area contributed by atoms with Gasteiger partial charge in [0, 0.05) is 22.9 Å². The minimum atomic E-state index is -1.82. The Kier molecular flexibility index (Phi) is 11.3. The Morgan fingerprint density at radius 3 is 1.67 bits per heavy atom. The van der Waals surface area contributed by atoms with Crippen molar-refractivity contribution in [2.45, 2.75) is 15.7 Å². The highest BCUT2D eigenvalue weighted by Gasteiger charge is 2.51. The molecule has 4 N–H and O–H groups in total. The van der Waals surface area contributed by atoms with Crippen molar-refractivity contribution in [1.29, 1.82) is 0 Å². The second kappa shape index (κ2) is 13.1. The maximum atomic E-state index is 13.5. The lowest BCUT2D eigenvalue weighted by molar-refractivity contribution is -0.159. The van der Waals surface area contributed by atoms with Gasteiger partial charge >= 0.3 is 11.9 Å². The SMILES string of the molecule is CN(C)C[C@@H]1CCSC(C(=O)c2ccccc2)(C(=O)c2ccccc2)S1.O.O=C(O)C(=O)O. The molecule has 3 rings (SSSR count). The van der Waals surface area contributed by atoms with Crippen LogP contribution in [0, 0.1) is 0 Å². The molecule has 8 nitrogen and oxygen atoms in total. The first-order chi connectivity index (χ1) is 15.2. The Hall–Kier alpha value is -2.66. The van der Waals surface area contributed by atoms with Gasteiger partial charge in [0.15, 0.2) is 15.6 Å². The fourth-order valence-electron chi connectivity index (χ4n) is 3.10. The van der Waals surface area contributed by atoms with Crippen LogP contribution < -0.4 is 0 Å². The molecule has 2 aromatic rings. The Morgan fingerprint density at radius 1 is 0.879 bits per heavy atom. The van der Waals surface area contributed by atoms with Gasteiger partial charge in [0.2, 0.25) is 0 Å². The summed E-state index contributed by atoms with van der Waals surface area (Å²) in [6.45, 7) is 0.858. The number of ketones is 2. The van der Waals surface area contributed by atoms with Gasteiger partial charge in [0.05, 0.1) is 0 Å². The molecule has 1 fully saturated rings. The van der Waals surface area contributed by atoms with Crippen LogP contribution in [0.4, 0.5) is 0 Å². The predicted octanol–water partition coefficient (Wildman–Crippen LogP) is 2.58. The molecule has 0 spiro atoms. The van der Waals surface area contributed by atoms with Crippen molar-refractivity contribution in [2.75, 3.05) is 26.4 Å². The molecule has 2 aromatic carbocycles. The molecule has 10 heteroatoms. The maximum Gasteiger partial charge on any atom is 0.414 e. The highest BCUT2D eigenvalue weighted by molar-refractivity contribution is 8.21. The van der Waals surface area contributed by atoms with E-state index in [-0.39, 0.29) is 22.3 Å². The largest absolute Gasteiger partial charge is 0.473 e. The summed E-state index contributed by atoms with van der Waals surface area (Å²) in [5, 5.41) is 15.0. The third kappa shape index (κ3) is 7.71. The van der Waals surface area contributed by atoms with Crippen molar-refractivity contribution in [2.24, 2.45) is 0 Å². The fourth-order valence-corrected chi connectivity index (χ4v) is 6.89. The van der Waals surface area contributed by atoms with Crippen LogP contribution in [0.25, 0.3) is 0 Å². The molecule has 0 aliphatic carbocycles. The molecule has 0 bridgehead atoms. The number of hydrogen-bond donors (Lipinski definition) is 2. The molecule has 1 aliphatic rings. The van der Waals surface area contributed by atoms with Gasteiger partial charge in [-0.1, -0.05) is 60.7 Å². The summed E-state index contributed by atoms with van der Waals surface area (Å²) in [6.07, 6.45) is 0.999. The van der Waals surface area contributed by atoms with Gasteiger partial charge in [-0.3, -0.25) is 9.59 Å². The molecule has 0 amide bonds. The van der Waals surface area contributed by atoms with Crippen LogP contribution in [0.5, 0.6) is 0 Å². The van der Waals surface area contributed by atoms with Crippen LogP contribution in [0.1, 0.15) is 27.1 Å². The van der Waals surface area contributed by atoms with E-state index >= 15 is 0 Å². The second-order valence-electron chi connectivity index (χ2n) is 7.26. The lowest BCUT2D eigenvalue weighted by Gasteiger charge is -2.38. The van der Waals surface area contributed by atoms with E-state index in [0.717, 1.165) is 18.7 Å². The van der Waals surface area contributed by atoms with Crippen LogP contribution in [0.15, 0.2) is 60.7 Å². The smallest absolute Gasteiger partial charge is 0.414 e. The van der Waals surface area contributed by atoms with E-state index in [1.54, 1.807) is 24.3 Å². The first kappa shape index (κ1) is 28.4. The normalized spacial score (nSPS) is 16.5. The molecule has 1 atom stereocenters. The van der Waals surface area contributed by atoms with E-state index in [9.17, 15) is 9.59 Å². The number of hydrogen-bond acceptors (Lipinski definition) is 7. The number of carbonyl (C=O) groups is 4. The number of benzene rings is 2. The highest BCUT2D eigenvalue weighted by Crippen LogP contribution is 2.49. The number of carboxylic acid groups (broad SMARTS) is 2. The summed E-state index contributed by atoms with van der Waals surface area (Å²) in [4.78, 5) is 47.3. The van der Waals surface area contributed by atoms with Gasteiger partial charge in [-0.25, -0.2) is 9.59 Å². The van der Waals surface area contributed by atoms with E-state index in [2.05, 4.69) is 4.90 Å². The van der Waals surface area contributed by atoms with Gasteiger partial charge in [0.1, 0.15) is 0 Å². The first-order valence-electron chi connectivity index (χ1n) is 9.79. The maximum absolute atomic E-state index is 13.5. The second-order valence-corrected chi connectivity index (χ2v) is 10.3. The Labute approximate surface area is 200 Å². The number of Topliss-reactive ketones (excluding diaryl/α,β-unsaturated/α-hetero) is 2. The topological polar surface area (TPSA) is 143 Å². The quantitative estimate of drug-likeness (QED) is 0.352. The zero-order chi connectivity index (χ0) is 23.7. The Morgan fingerprint density at radius 2 is 1.30 bits per heavy atom. The zero-order valence-electron chi connectivity index (χ0n) is 18.3. The van der Waals surface area contributed by atoms with E-state index in [4.69, 9.17) is 19.8 Å². The Bertz CT molecular complexity index is 888. The molecule has 1 aliphatic heterocycles. The summed E-state index contributed by atoms with van der Waals surface area (Å²) in [7, 11) is 4.06. The van der Waals surface area contributed by atoms with E-state index < -0.39 is 16.0 Å². The summed E-state index contributed by atoms with van der Waals surface area (Å²) < 4.78 is -1.11. The minimum Gasteiger partial charge on any atom is -0.473 e. The molecule has 0 aromatic heterocycles. The molecule has 1 saturated heterocycles. The van der Waals surface area contributed by atoms with E-state index in [1.807, 2.05) is 50.5 Å². The van der Waals surface area contributed by atoms with Gasteiger partial charge < -0.3 is 20.6 Å². The lowest BCUT2D eigenvalue weighted by atomic mass is 10.0. The monoisotopic (exact) mass is 493 g/mol. The lowest BCUT2D eigenvalue weighted by Crippen LogP contribution is -2.46. The molecule has 178 valence electrons. The summed E-state index contributed by atoms with van der Waals surface area (Å²) in [5.41, 5.74) is 1.20. The van der Waals surface area contributed by atoms with Crippen LogP contribution in [0.2, 0.25) is 0 Å². The molecule has 1 heterocycles. The molecule has 0 unspecified atom stereocenters. The number of carbonyl (C=O) groups excluding carboxylic acids is 2. The van der Waals surface area contributed by atoms with Crippen molar-refractivity contribution >= 4 is 47.0 Å². The number of thioether (sulfide) groups is 2. The Balaban J connectivity index is 0.000000691. The van der Waals surface area contributed by atoms with E-state index in [0.29, 0.717) is 11.1 Å². The third-order valence-electron chi connectivity index (χ3n) is 4.50. The van der Waals surface area contributed by atoms with Crippen molar-refractivity contribution in [3.05, 3.63) is 71.8 Å². The molecular weight excluding hydrogens is 466 g/mol. The molecular formula is C23H27NO7S2. The zero-order valence-corrected chi connectivity index (χ0v) is 19.9. The van der Waals surface area contributed by atoms with Crippen molar-refractivity contribution in [1.82, 2.24) is 4.90 Å². The third-order valence-corrected chi connectivity index (χ3v) is 7.78. The number of rotatable bonds is 6. The van der Waals surface area contributed by atoms with Gasteiger partial charge in [-0.05, 0) is 26.3 Å². The van der Waals surface area contributed by atoms with Crippen LogP contribution in [-0.2, 0) is 9.59 Å². The van der Waals surface area contributed by atoms with Crippen molar-refractivity contribution in [3.63, 3.8) is 0 Å². The highest BCUT2D eigenvalue weighted by atomic mass is 32.2. The average molecular weight is 494 g/mol. The molecule has 0 radical (unpaired) electrons. The number of nitrogens with zero attached hydrogens (tertiary/aromatic N) is 1. The summed E-state index contributed by atoms with van der Waals surface area (Å²) in [5.74, 6) is -3.02. The fraction of sp³-hybridized carbons (Fsp3) is 0.304. The predicted molar refractivity (Wildman–Crippen MR) is 130 cm³/mol. The van der Waals surface area contributed by atoms with Gasteiger partial charge in [-0.15, -0.1) is 23.5 Å². The average Bonchev–Trinajstić information content (AvgIpc) is 2.79. The standard InChI is InChI=1S/C21H23NO2S2.C2H2O4.H2O/c1-22(2)15-18-13-14-25-21(26-18,19(23)16-9-5-3-6-10-16)20(24)17-11-7-4-8-12-17;3-1(4)2(5)6;/h3-12,18H,13-15H2,1-2H3;(H,3,4)(H,5,6);1H2/t18-;;/m0../s1. The van der Waals surface area contributed by atoms with Crippen LogP contribution in [0.3, 0.4) is 0 Å². The summed E-state index contributed by atoms with van der Waals surface area (Å²) >= 11 is 3.03. The van der Waals surface area contributed by atoms with E-state index in [1.165, 1.54) is 23.5 Å². The molecule has 0 saturated carbocycles. The van der Waals surface area contributed by atoms with Crippen molar-refractivity contribution in [3.8, 4) is 0 Å². The molecule has 33 heavy (non-hydrogen) atoms. The van der Waals surface area contributed by atoms with Gasteiger partial charge in [0.25, 0.3) is 0 Å². The summed E-state index contributed by atoms with van der Waals surface area (Å²) in [6, 6.07) is 18.4. The van der Waals surface area contributed by atoms with Crippen molar-refractivity contribution < 1.29 is 34.9 Å². The number of aliphatic carboxylic acids is 2. The van der Waals surface area contributed by atoms with Crippen LogP contribution >= 0.6 is 23.5 Å². The van der Waals surface area contributed by atoms with Crippen LogP contribution in [-0.4, -0.2) is 79.8 Å².